The van der Waals surface area contributed by atoms with Crippen LogP contribution in [-0.4, -0.2) is 53.4 Å². The Hall–Kier alpha value is -0.650. The van der Waals surface area contributed by atoms with E-state index in [-0.39, 0.29) is 35.4 Å². The molecule has 0 radical (unpaired) electrons. The number of fused-ring (bicyclic) bond motifs is 1. The SMILES string of the molecule is CC(O)C1CCN(C(=O)C2(N)C3CCOC3C2(C)C)C1. The minimum atomic E-state index is -0.804. The van der Waals surface area contributed by atoms with Crippen LogP contribution in [0.1, 0.15) is 33.6 Å². The van der Waals surface area contributed by atoms with Gasteiger partial charge in [-0.3, -0.25) is 4.79 Å². The lowest BCUT2D eigenvalue weighted by Gasteiger charge is -2.61. The Balaban J connectivity index is 1.77. The lowest BCUT2D eigenvalue weighted by atomic mass is 9.47. The molecule has 5 unspecified atom stereocenters. The highest BCUT2D eigenvalue weighted by Gasteiger charge is 2.72. The van der Waals surface area contributed by atoms with E-state index in [1.165, 1.54) is 0 Å². The summed E-state index contributed by atoms with van der Waals surface area (Å²) < 4.78 is 5.74. The molecule has 3 aliphatic rings. The van der Waals surface area contributed by atoms with Crippen LogP contribution in [0, 0.1) is 17.3 Å². The molecule has 1 saturated carbocycles. The molecule has 3 fully saturated rings. The molecule has 1 aliphatic carbocycles. The second-order valence-electron chi connectivity index (χ2n) is 7.32. The Morgan fingerprint density at radius 1 is 1.45 bits per heavy atom. The second-order valence-corrected chi connectivity index (χ2v) is 7.32. The number of hydrogen-bond donors (Lipinski definition) is 2. The van der Waals surface area contributed by atoms with Crippen molar-refractivity contribution in [2.24, 2.45) is 23.0 Å². The third-order valence-corrected chi connectivity index (χ3v) is 6.00. The van der Waals surface area contributed by atoms with Crippen LogP contribution in [0.4, 0.5) is 0 Å². The van der Waals surface area contributed by atoms with Crippen LogP contribution in [0.15, 0.2) is 0 Å². The number of hydrogen-bond acceptors (Lipinski definition) is 4. The van der Waals surface area contributed by atoms with Gasteiger partial charge in [0.15, 0.2) is 0 Å². The lowest BCUT2D eigenvalue weighted by Crippen LogP contribution is -2.80. The summed E-state index contributed by atoms with van der Waals surface area (Å²) in [6, 6.07) is 0. The van der Waals surface area contributed by atoms with Gasteiger partial charge in [-0.2, -0.15) is 0 Å². The standard InChI is InChI=1S/C15H26N2O3/c1-9(18)10-4-6-17(8-10)13(19)15(16)11-5-7-20-12(11)14(15,2)3/h9-12,18H,4-8,16H2,1-3H3. The van der Waals surface area contributed by atoms with Crippen LogP contribution < -0.4 is 5.73 Å². The number of likely N-dealkylation sites (tertiary alicyclic amines) is 1. The van der Waals surface area contributed by atoms with Gasteiger partial charge in [0.05, 0.1) is 12.2 Å². The summed E-state index contributed by atoms with van der Waals surface area (Å²) in [7, 11) is 0. The fourth-order valence-corrected chi connectivity index (χ4v) is 4.45. The summed E-state index contributed by atoms with van der Waals surface area (Å²) in [4.78, 5) is 14.8. The molecule has 20 heavy (non-hydrogen) atoms. The fourth-order valence-electron chi connectivity index (χ4n) is 4.45. The number of aliphatic hydroxyl groups excluding tert-OH is 1. The number of amides is 1. The molecule has 3 N–H and O–H groups in total. The van der Waals surface area contributed by atoms with Crippen LogP contribution in [0.3, 0.4) is 0 Å². The van der Waals surface area contributed by atoms with E-state index in [9.17, 15) is 9.90 Å². The Bertz CT molecular complexity index is 423. The number of ether oxygens (including phenoxy) is 1. The molecule has 2 aliphatic heterocycles. The molecule has 1 amide bonds. The molecule has 3 rings (SSSR count). The first-order valence-electron chi connectivity index (χ1n) is 7.68. The van der Waals surface area contributed by atoms with Crippen molar-refractivity contribution >= 4 is 5.91 Å². The van der Waals surface area contributed by atoms with Crippen molar-refractivity contribution in [3.05, 3.63) is 0 Å². The van der Waals surface area contributed by atoms with E-state index in [0.717, 1.165) is 12.8 Å². The number of carbonyl (C=O) groups is 1. The Labute approximate surface area is 120 Å². The topological polar surface area (TPSA) is 75.8 Å². The van der Waals surface area contributed by atoms with Gasteiger partial charge in [-0.05, 0) is 19.8 Å². The van der Waals surface area contributed by atoms with Gasteiger partial charge in [-0.25, -0.2) is 0 Å². The number of carbonyl (C=O) groups excluding carboxylic acids is 1. The van der Waals surface area contributed by atoms with Crippen molar-refractivity contribution in [3.63, 3.8) is 0 Å². The molecule has 2 saturated heterocycles. The van der Waals surface area contributed by atoms with Crippen LogP contribution in [0.25, 0.3) is 0 Å². The van der Waals surface area contributed by atoms with E-state index < -0.39 is 5.54 Å². The van der Waals surface area contributed by atoms with E-state index in [0.29, 0.717) is 19.7 Å². The third-order valence-electron chi connectivity index (χ3n) is 6.00. The van der Waals surface area contributed by atoms with E-state index in [1.54, 1.807) is 6.92 Å². The summed E-state index contributed by atoms with van der Waals surface area (Å²) >= 11 is 0. The molecule has 5 heteroatoms. The van der Waals surface area contributed by atoms with Crippen LogP contribution in [0.5, 0.6) is 0 Å². The van der Waals surface area contributed by atoms with Gasteiger partial charge in [-0.1, -0.05) is 13.8 Å². The fraction of sp³-hybridized carbons (Fsp3) is 0.933. The van der Waals surface area contributed by atoms with Crippen molar-refractivity contribution in [1.82, 2.24) is 4.90 Å². The average molecular weight is 282 g/mol. The maximum absolute atomic E-state index is 12.9. The predicted molar refractivity (Wildman–Crippen MR) is 74.9 cm³/mol. The summed E-state index contributed by atoms with van der Waals surface area (Å²) in [5.41, 5.74) is 5.46. The Morgan fingerprint density at radius 3 is 2.75 bits per heavy atom. The molecule has 0 bridgehead atoms. The van der Waals surface area contributed by atoms with Gasteiger partial charge in [0.2, 0.25) is 5.91 Å². The average Bonchev–Trinajstić information content (AvgIpc) is 3.04. The molecule has 0 aromatic carbocycles. The van der Waals surface area contributed by atoms with Gasteiger partial charge in [0.25, 0.3) is 0 Å². The summed E-state index contributed by atoms with van der Waals surface area (Å²) in [6.45, 7) is 7.93. The smallest absolute Gasteiger partial charge is 0.243 e. The van der Waals surface area contributed by atoms with E-state index in [2.05, 4.69) is 0 Å². The van der Waals surface area contributed by atoms with E-state index >= 15 is 0 Å². The molecule has 0 aromatic rings. The van der Waals surface area contributed by atoms with E-state index in [1.807, 2.05) is 18.7 Å². The summed E-state index contributed by atoms with van der Waals surface area (Å²) in [5.74, 6) is 0.384. The molecule has 5 atom stereocenters. The third kappa shape index (κ3) is 1.63. The zero-order valence-electron chi connectivity index (χ0n) is 12.6. The van der Waals surface area contributed by atoms with Gasteiger partial charge in [-0.15, -0.1) is 0 Å². The number of nitrogens with two attached hydrogens (primary N) is 1. The number of nitrogens with zero attached hydrogens (tertiary/aromatic N) is 1. The molecule has 0 spiro atoms. The highest BCUT2D eigenvalue weighted by Crippen LogP contribution is 2.58. The summed E-state index contributed by atoms with van der Waals surface area (Å²) in [5, 5.41) is 9.69. The van der Waals surface area contributed by atoms with Gasteiger partial charge in [0.1, 0.15) is 5.54 Å². The van der Waals surface area contributed by atoms with Crippen molar-refractivity contribution in [2.45, 2.75) is 51.4 Å². The largest absolute Gasteiger partial charge is 0.393 e. The first-order chi connectivity index (χ1) is 9.30. The molecular weight excluding hydrogens is 256 g/mol. The maximum atomic E-state index is 12.9. The first kappa shape index (κ1) is 14.3. The normalized spacial score (nSPS) is 44.0. The zero-order chi connectivity index (χ0) is 14.7. The summed E-state index contributed by atoms with van der Waals surface area (Å²) in [6.07, 6.45) is 1.50. The van der Waals surface area contributed by atoms with Crippen molar-refractivity contribution in [3.8, 4) is 0 Å². The van der Waals surface area contributed by atoms with Crippen molar-refractivity contribution in [2.75, 3.05) is 19.7 Å². The minimum Gasteiger partial charge on any atom is -0.393 e. The first-order valence-corrected chi connectivity index (χ1v) is 7.68. The van der Waals surface area contributed by atoms with Crippen molar-refractivity contribution < 1.29 is 14.6 Å². The second kappa shape index (κ2) is 4.42. The lowest BCUT2D eigenvalue weighted by molar-refractivity contribution is -0.183. The van der Waals surface area contributed by atoms with Crippen LogP contribution >= 0.6 is 0 Å². The molecule has 0 aromatic heterocycles. The highest BCUT2D eigenvalue weighted by atomic mass is 16.5. The minimum absolute atomic E-state index is 0.0531. The van der Waals surface area contributed by atoms with Crippen LogP contribution in [-0.2, 0) is 9.53 Å². The molecule has 114 valence electrons. The predicted octanol–water partition coefficient (Wildman–Crippen LogP) is 0.358. The Morgan fingerprint density at radius 2 is 2.15 bits per heavy atom. The molecule has 2 heterocycles. The number of rotatable bonds is 2. The maximum Gasteiger partial charge on any atom is 0.243 e. The van der Waals surface area contributed by atoms with Crippen LogP contribution in [0.2, 0.25) is 0 Å². The highest BCUT2D eigenvalue weighted by molar-refractivity contribution is 5.90. The quantitative estimate of drug-likeness (QED) is 0.767. The van der Waals surface area contributed by atoms with Gasteiger partial charge in [0, 0.05) is 36.9 Å². The molecular formula is C15H26N2O3. The zero-order valence-corrected chi connectivity index (χ0v) is 12.6. The molecule has 5 nitrogen and oxygen atoms in total. The Kier molecular flexibility index (Phi) is 3.16. The van der Waals surface area contributed by atoms with Gasteiger partial charge < -0.3 is 20.5 Å². The number of aliphatic hydroxyl groups is 1. The van der Waals surface area contributed by atoms with E-state index in [4.69, 9.17) is 10.5 Å². The monoisotopic (exact) mass is 282 g/mol. The van der Waals surface area contributed by atoms with Gasteiger partial charge >= 0.3 is 0 Å². The van der Waals surface area contributed by atoms with Crippen molar-refractivity contribution in [1.29, 1.82) is 0 Å².